The summed E-state index contributed by atoms with van der Waals surface area (Å²) in [4.78, 5) is 73.7. The molecule has 1 fully saturated rings. The Morgan fingerprint density at radius 2 is 1.03 bits per heavy atom. The molecule has 1 unspecified atom stereocenters. The van der Waals surface area contributed by atoms with Crippen molar-refractivity contribution in [2.24, 2.45) is 5.92 Å². The van der Waals surface area contributed by atoms with E-state index in [-0.39, 0.29) is 74.2 Å². The highest BCUT2D eigenvalue weighted by atomic mass is 16.6. The van der Waals surface area contributed by atoms with E-state index in [9.17, 15) is 24.0 Å². The van der Waals surface area contributed by atoms with Crippen molar-refractivity contribution < 1.29 is 42.9 Å². The summed E-state index contributed by atoms with van der Waals surface area (Å²) in [6, 6.07) is 16.5. The van der Waals surface area contributed by atoms with Crippen molar-refractivity contribution >= 4 is 35.2 Å². The van der Waals surface area contributed by atoms with Gasteiger partial charge in [0.05, 0.1) is 32.8 Å². The van der Waals surface area contributed by atoms with Gasteiger partial charge in [0.1, 0.15) is 29.2 Å². The first-order chi connectivity index (χ1) is 30.0. The zero-order valence-corrected chi connectivity index (χ0v) is 40.5. The SMILES string of the molecule is C[C@H](CC1Cc2ccccc2N1)C(=O)COCc1ccc(CCC(=O)CN2CCN(CC(=O)OC(C)(C)C)CCN(CC(=O)OC(C)(C)C)CCN(CC(=O)OC(C)(C)C)CC2)cc1. The molecule has 0 aromatic heterocycles. The minimum atomic E-state index is -0.642. The van der Waals surface area contributed by atoms with E-state index in [1.807, 2.05) is 120 Å². The molecule has 0 aliphatic carbocycles. The van der Waals surface area contributed by atoms with Crippen LogP contribution in [0.5, 0.6) is 0 Å². The van der Waals surface area contributed by atoms with Crippen LogP contribution in [0.15, 0.2) is 48.5 Å². The number of ketones is 2. The maximum absolute atomic E-state index is 13.6. The van der Waals surface area contributed by atoms with E-state index >= 15 is 0 Å². The minimum absolute atomic E-state index is 0.0600. The zero-order chi connectivity index (χ0) is 47.1. The molecule has 0 amide bonds. The molecule has 2 heterocycles. The Labute approximate surface area is 382 Å². The number of ether oxygens (including phenoxy) is 4. The number of anilines is 1. The molecule has 2 aliphatic rings. The van der Waals surface area contributed by atoms with Gasteiger partial charge in [0, 0.05) is 76.4 Å². The summed E-state index contributed by atoms with van der Waals surface area (Å²) in [6.45, 7) is 23.2. The Morgan fingerprint density at radius 3 is 1.47 bits per heavy atom. The molecule has 4 rings (SSSR count). The maximum atomic E-state index is 13.6. The van der Waals surface area contributed by atoms with E-state index in [1.54, 1.807) is 0 Å². The molecule has 2 atom stereocenters. The lowest BCUT2D eigenvalue weighted by molar-refractivity contribution is -0.158. The quantitative estimate of drug-likeness (QED) is 0.147. The average Bonchev–Trinajstić information content (AvgIpc) is 3.58. The highest BCUT2D eigenvalue weighted by Gasteiger charge is 2.27. The second-order valence-corrected chi connectivity index (χ2v) is 20.5. The van der Waals surface area contributed by atoms with E-state index in [0.29, 0.717) is 71.8 Å². The fraction of sp³-hybridized carbons (Fsp3) is 0.660. The summed E-state index contributed by atoms with van der Waals surface area (Å²) in [5.41, 5.74) is 2.52. The van der Waals surface area contributed by atoms with Crippen LogP contribution < -0.4 is 5.32 Å². The molecule has 1 N–H and O–H groups in total. The summed E-state index contributed by atoms with van der Waals surface area (Å²) in [7, 11) is 0. The number of carbonyl (C=O) groups is 5. The van der Waals surface area contributed by atoms with Crippen molar-refractivity contribution in [1.82, 2.24) is 19.6 Å². The molecule has 356 valence electrons. The van der Waals surface area contributed by atoms with E-state index in [4.69, 9.17) is 18.9 Å². The number of esters is 3. The fourth-order valence-corrected chi connectivity index (χ4v) is 7.78. The van der Waals surface area contributed by atoms with E-state index in [1.165, 1.54) is 5.56 Å². The standard InChI is InChI=1S/C50H77N5O9/c1-37(29-41-30-40-13-11-12-14-43(40)51-41)44(57)36-61-35-39-17-15-38(16-18-39)19-20-42(56)31-52-21-23-53(32-45(58)62-48(2,3)4)25-27-55(34-47(60)64-50(8,9)10)28-26-54(24-22-52)33-46(59)63-49(5,6)7/h11-18,37,41,51H,19-36H2,1-10H3/t37-,41?/m1/s1. The van der Waals surface area contributed by atoms with Crippen LogP contribution in [0.25, 0.3) is 0 Å². The smallest absolute Gasteiger partial charge is 0.320 e. The Kier molecular flexibility index (Phi) is 19.9. The van der Waals surface area contributed by atoms with Crippen LogP contribution in [-0.2, 0) is 62.4 Å². The van der Waals surface area contributed by atoms with Crippen molar-refractivity contribution in [3.05, 3.63) is 65.2 Å². The van der Waals surface area contributed by atoms with Crippen molar-refractivity contribution in [3.63, 3.8) is 0 Å². The fourth-order valence-electron chi connectivity index (χ4n) is 7.78. The van der Waals surface area contributed by atoms with Crippen molar-refractivity contribution in [2.75, 3.05) is 90.5 Å². The number of benzene rings is 2. The summed E-state index contributed by atoms with van der Waals surface area (Å²) < 4.78 is 22.8. The largest absolute Gasteiger partial charge is 0.459 e. The third-order valence-electron chi connectivity index (χ3n) is 10.9. The number of Topliss-reactive ketones (excluding diaryl/α,β-unsaturated/α-hetero) is 2. The number of fused-ring (bicyclic) bond motifs is 1. The summed E-state index contributed by atoms with van der Waals surface area (Å²) in [6.07, 6.45) is 2.62. The molecule has 0 radical (unpaired) electrons. The number of hydrogen-bond acceptors (Lipinski definition) is 14. The topological polar surface area (TPSA) is 147 Å². The van der Waals surface area contributed by atoms with Gasteiger partial charge in [0.2, 0.25) is 0 Å². The molecule has 2 aliphatic heterocycles. The first-order valence-corrected chi connectivity index (χ1v) is 23.1. The lowest BCUT2D eigenvalue weighted by Gasteiger charge is -2.34. The number of rotatable bonds is 18. The predicted octanol–water partition coefficient (Wildman–Crippen LogP) is 5.58. The molecule has 14 nitrogen and oxygen atoms in total. The number of hydrogen-bond donors (Lipinski definition) is 1. The van der Waals surface area contributed by atoms with Gasteiger partial charge < -0.3 is 24.3 Å². The summed E-state index contributed by atoms with van der Waals surface area (Å²) in [5.74, 6) is -0.957. The molecule has 2 aromatic carbocycles. The monoisotopic (exact) mass is 892 g/mol. The molecule has 2 aromatic rings. The van der Waals surface area contributed by atoms with Crippen LogP contribution in [0.1, 0.15) is 98.8 Å². The van der Waals surface area contributed by atoms with Crippen LogP contribution >= 0.6 is 0 Å². The highest BCUT2D eigenvalue weighted by molar-refractivity contribution is 5.82. The zero-order valence-electron chi connectivity index (χ0n) is 40.5. The molecular formula is C50H77N5O9. The number of para-hydroxylation sites is 1. The molecule has 0 saturated carbocycles. The minimum Gasteiger partial charge on any atom is -0.459 e. The molecule has 0 spiro atoms. The molecule has 14 heteroatoms. The molecule has 64 heavy (non-hydrogen) atoms. The van der Waals surface area contributed by atoms with Gasteiger partial charge in [-0.15, -0.1) is 0 Å². The molecule has 1 saturated heterocycles. The maximum Gasteiger partial charge on any atom is 0.320 e. The van der Waals surface area contributed by atoms with Gasteiger partial charge in [-0.2, -0.15) is 0 Å². The number of aryl methyl sites for hydroxylation is 1. The number of carbonyl (C=O) groups excluding carboxylic acids is 5. The van der Waals surface area contributed by atoms with Crippen LogP contribution in [0, 0.1) is 5.92 Å². The lowest BCUT2D eigenvalue weighted by atomic mass is 9.96. The van der Waals surface area contributed by atoms with Gasteiger partial charge in [-0.05, 0) is 104 Å². The Hall–Kier alpha value is -4.21. The lowest BCUT2D eigenvalue weighted by Crippen LogP contribution is -2.50. The van der Waals surface area contributed by atoms with Crippen LogP contribution in [0.3, 0.4) is 0 Å². The van der Waals surface area contributed by atoms with Gasteiger partial charge >= 0.3 is 17.9 Å². The van der Waals surface area contributed by atoms with Gasteiger partial charge in [0.15, 0.2) is 5.78 Å². The first kappa shape index (κ1) is 52.4. The number of nitrogens with zero attached hydrogens (tertiary/aromatic N) is 4. The second-order valence-electron chi connectivity index (χ2n) is 20.5. The van der Waals surface area contributed by atoms with Crippen LogP contribution in [-0.4, -0.2) is 157 Å². The Morgan fingerprint density at radius 1 is 0.609 bits per heavy atom. The normalized spacial score (nSPS) is 18.2. The van der Waals surface area contributed by atoms with Crippen molar-refractivity contribution in [1.29, 1.82) is 0 Å². The van der Waals surface area contributed by atoms with Crippen molar-refractivity contribution in [2.45, 2.75) is 124 Å². The van der Waals surface area contributed by atoms with Gasteiger partial charge in [-0.25, -0.2) is 0 Å². The van der Waals surface area contributed by atoms with Gasteiger partial charge in [-0.3, -0.25) is 43.6 Å². The molecular weight excluding hydrogens is 815 g/mol. The predicted molar refractivity (Wildman–Crippen MR) is 249 cm³/mol. The Bertz CT molecular complexity index is 1760. The average molecular weight is 892 g/mol. The van der Waals surface area contributed by atoms with E-state index in [0.717, 1.165) is 29.7 Å². The molecule has 0 bridgehead atoms. The van der Waals surface area contributed by atoms with Crippen molar-refractivity contribution in [3.8, 4) is 0 Å². The third kappa shape index (κ3) is 20.7. The van der Waals surface area contributed by atoms with Gasteiger partial charge in [-0.1, -0.05) is 49.4 Å². The third-order valence-corrected chi connectivity index (χ3v) is 10.9. The van der Waals surface area contributed by atoms with Crippen LogP contribution in [0.4, 0.5) is 5.69 Å². The highest BCUT2D eigenvalue weighted by Crippen LogP contribution is 2.28. The summed E-state index contributed by atoms with van der Waals surface area (Å²) >= 11 is 0. The summed E-state index contributed by atoms with van der Waals surface area (Å²) in [5, 5.41) is 3.53. The van der Waals surface area contributed by atoms with E-state index in [2.05, 4.69) is 22.3 Å². The van der Waals surface area contributed by atoms with Gasteiger partial charge in [0.25, 0.3) is 0 Å². The number of nitrogens with one attached hydrogen (secondary N) is 1. The second kappa shape index (κ2) is 24.4. The van der Waals surface area contributed by atoms with E-state index < -0.39 is 16.8 Å². The van der Waals surface area contributed by atoms with Crippen LogP contribution in [0.2, 0.25) is 0 Å². The first-order valence-electron chi connectivity index (χ1n) is 23.1. The Balaban J connectivity index is 1.33.